The fourth-order valence-corrected chi connectivity index (χ4v) is 3.07. The quantitative estimate of drug-likeness (QED) is 0.810. The van der Waals surface area contributed by atoms with Crippen LogP contribution in [0.25, 0.3) is 0 Å². The van der Waals surface area contributed by atoms with Gasteiger partial charge in [0.05, 0.1) is 30.1 Å². The Morgan fingerprint density at radius 2 is 1.85 bits per heavy atom. The maximum Gasteiger partial charge on any atom is 0.254 e. The molecule has 2 aromatic rings. The lowest BCUT2D eigenvalue weighted by molar-refractivity contribution is -0.116. The fourth-order valence-electron chi connectivity index (χ4n) is 3.07. The summed E-state index contributed by atoms with van der Waals surface area (Å²) in [6, 6.07) is 1.53. The van der Waals surface area contributed by atoms with E-state index in [1.807, 2.05) is 0 Å². The normalized spacial score (nSPS) is 17.7. The summed E-state index contributed by atoms with van der Waals surface area (Å²) < 4.78 is 1.31. The van der Waals surface area contributed by atoms with Crippen molar-refractivity contribution in [2.75, 3.05) is 43.4 Å². The molecule has 4 rings (SSSR count). The molecule has 0 aromatic carbocycles. The lowest BCUT2D eigenvalue weighted by Gasteiger charge is -2.32. The highest BCUT2D eigenvalue weighted by molar-refractivity contribution is 5.90. The average Bonchev–Trinajstić information content (AvgIpc) is 3.50. The summed E-state index contributed by atoms with van der Waals surface area (Å²) in [5.41, 5.74) is 1.13. The van der Waals surface area contributed by atoms with Crippen molar-refractivity contribution < 1.29 is 4.79 Å². The molecule has 1 amide bonds. The van der Waals surface area contributed by atoms with Gasteiger partial charge >= 0.3 is 0 Å². The number of hydrogen-bond donors (Lipinski definition) is 1. The van der Waals surface area contributed by atoms with E-state index < -0.39 is 0 Å². The minimum Gasteiger partial charge on any atom is -0.338 e. The van der Waals surface area contributed by atoms with E-state index in [2.05, 4.69) is 37.1 Å². The maximum atomic E-state index is 12.2. The molecule has 2 fully saturated rings. The minimum absolute atomic E-state index is 0.0863. The second kappa shape index (κ2) is 7.43. The lowest BCUT2D eigenvalue weighted by Crippen LogP contribution is -2.45. The van der Waals surface area contributed by atoms with Gasteiger partial charge in [0.1, 0.15) is 6.54 Å². The van der Waals surface area contributed by atoms with E-state index in [0.717, 1.165) is 44.7 Å². The SMILES string of the molecule is CN1CCN(c2ncc(NC(=O)Cn3cnc(C4CC4)cc3=O)cn2)CC1. The van der Waals surface area contributed by atoms with Gasteiger partial charge in [-0.25, -0.2) is 15.0 Å². The van der Waals surface area contributed by atoms with Crippen molar-refractivity contribution in [2.45, 2.75) is 25.3 Å². The first kappa shape index (κ1) is 17.6. The topological polar surface area (TPSA) is 96.2 Å². The number of amides is 1. The first-order valence-corrected chi connectivity index (χ1v) is 9.20. The number of aromatic nitrogens is 4. The van der Waals surface area contributed by atoms with Gasteiger partial charge in [0, 0.05) is 38.2 Å². The molecule has 142 valence electrons. The Kier molecular flexibility index (Phi) is 4.85. The standard InChI is InChI=1S/C18H23N7O2/c1-23-4-6-24(7-5-23)18-19-9-14(10-20-18)22-16(26)11-25-12-21-15(8-17(25)27)13-2-3-13/h8-10,12-13H,2-7,11H2,1H3,(H,22,26). The molecule has 1 aliphatic carbocycles. The van der Waals surface area contributed by atoms with Gasteiger partial charge < -0.3 is 15.1 Å². The van der Waals surface area contributed by atoms with Gasteiger partial charge in [-0.3, -0.25) is 14.2 Å². The number of piperazine rings is 1. The number of anilines is 2. The Morgan fingerprint density at radius 1 is 1.15 bits per heavy atom. The number of carbonyl (C=O) groups is 1. The Hall–Kier alpha value is -2.81. The highest BCUT2D eigenvalue weighted by Gasteiger charge is 2.25. The number of nitrogens with zero attached hydrogens (tertiary/aromatic N) is 6. The van der Waals surface area contributed by atoms with E-state index in [1.165, 1.54) is 17.0 Å². The third-order valence-corrected chi connectivity index (χ3v) is 4.92. The molecule has 27 heavy (non-hydrogen) atoms. The van der Waals surface area contributed by atoms with Crippen LogP contribution >= 0.6 is 0 Å². The summed E-state index contributed by atoms with van der Waals surface area (Å²) in [7, 11) is 2.09. The van der Waals surface area contributed by atoms with Crippen molar-refractivity contribution in [3.63, 3.8) is 0 Å². The third kappa shape index (κ3) is 4.30. The van der Waals surface area contributed by atoms with Crippen LogP contribution in [-0.4, -0.2) is 63.6 Å². The molecule has 2 aliphatic rings. The lowest BCUT2D eigenvalue weighted by atomic mass is 10.3. The Labute approximate surface area is 157 Å². The van der Waals surface area contributed by atoms with Crippen LogP contribution < -0.4 is 15.8 Å². The summed E-state index contributed by atoms with van der Waals surface area (Å²) in [5, 5.41) is 2.73. The van der Waals surface area contributed by atoms with Gasteiger partial charge in [0.25, 0.3) is 5.56 Å². The molecule has 0 radical (unpaired) electrons. The zero-order chi connectivity index (χ0) is 18.8. The molecule has 0 unspecified atom stereocenters. The van der Waals surface area contributed by atoms with Crippen LogP contribution in [0.1, 0.15) is 24.5 Å². The van der Waals surface area contributed by atoms with Gasteiger partial charge in [-0.05, 0) is 19.9 Å². The van der Waals surface area contributed by atoms with Gasteiger partial charge in [0.2, 0.25) is 11.9 Å². The zero-order valence-electron chi connectivity index (χ0n) is 15.3. The number of nitrogens with one attached hydrogen (secondary N) is 1. The number of likely N-dealkylation sites (N-methyl/N-ethyl adjacent to an activating group) is 1. The summed E-state index contributed by atoms with van der Waals surface area (Å²) in [6.07, 6.45) is 6.80. The highest BCUT2D eigenvalue weighted by Crippen LogP contribution is 2.38. The molecule has 9 heteroatoms. The van der Waals surface area contributed by atoms with E-state index in [-0.39, 0.29) is 18.0 Å². The van der Waals surface area contributed by atoms with Gasteiger partial charge in [0.15, 0.2) is 0 Å². The first-order valence-electron chi connectivity index (χ1n) is 9.20. The zero-order valence-corrected chi connectivity index (χ0v) is 15.3. The molecule has 0 atom stereocenters. The molecular formula is C18H23N7O2. The number of rotatable bonds is 5. The molecule has 1 aliphatic heterocycles. The molecule has 0 spiro atoms. The van der Waals surface area contributed by atoms with Gasteiger partial charge in [-0.15, -0.1) is 0 Å². The van der Waals surface area contributed by atoms with Gasteiger partial charge in [-0.2, -0.15) is 0 Å². The highest BCUT2D eigenvalue weighted by atomic mass is 16.2. The molecule has 1 N–H and O–H groups in total. The van der Waals surface area contributed by atoms with Crippen molar-refractivity contribution in [2.24, 2.45) is 0 Å². The van der Waals surface area contributed by atoms with Crippen LogP contribution in [0.3, 0.4) is 0 Å². The average molecular weight is 369 g/mol. The van der Waals surface area contributed by atoms with E-state index in [1.54, 1.807) is 12.4 Å². The van der Waals surface area contributed by atoms with Crippen LogP contribution in [0.2, 0.25) is 0 Å². The second-order valence-corrected chi connectivity index (χ2v) is 7.16. The number of carbonyl (C=O) groups excluding carboxylic acids is 1. The number of hydrogen-bond acceptors (Lipinski definition) is 7. The van der Waals surface area contributed by atoms with Crippen LogP contribution in [0.15, 0.2) is 29.6 Å². The van der Waals surface area contributed by atoms with E-state index in [4.69, 9.17) is 0 Å². The van der Waals surface area contributed by atoms with Crippen molar-refractivity contribution >= 4 is 17.5 Å². The summed E-state index contributed by atoms with van der Waals surface area (Å²) >= 11 is 0. The fraction of sp³-hybridized carbons (Fsp3) is 0.500. The molecule has 0 bridgehead atoms. The molecule has 1 saturated heterocycles. The van der Waals surface area contributed by atoms with Crippen molar-refractivity contribution in [1.82, 2.24) is 24.4 Å². The summed E-state index contributed by atoms with van der Waals surface area (Å²) in [6.45, 7) is 3.63. The van der Waals surface area contributed by atoms with Crippen LogP contribution in [0.5, 0.6) is 0 Å². The van der Waals surface area contributed by atoms with E-state index in [9.17, 15) is 9.59 Å². The maximum absolute atomic E-state index is 12.2. The first-order chi connectivity index (χ1) is 13.1. The van der Waals surface area contributed by atoms with Gasteiger partial charge in [-0.1, -0.05) is 0 Å². The van der Waals surface area contributed by atoms with Crippen LogP contribution in [0, 0.1) is 0 Å². The van der Waals surface area contributed by atoms with Crippen molar-refractivity contribution in [3.8, 4) is 0 Å². The molecule has 2 aromatic heterocycles. The predicted molar refractivity (Wildman–Crippen MR) is 101 cm³/mol. The molecule has 9 nitrogen and oxygen atoms in total. The third-order valence-electron chi connectivity index (χ3n) is 4.92. The molecule has 1 saturated carbocycles. The summed E-state index contributed by atoms with van der Waals surface area (Å²) in [5.74, 6) is 0.767. The Morgan fingerprint density at radius 3 is 2.48 bits per heavy atom. The molecule has 3 heterocycles. The molecular weight excluding hydrogens is 346 g/mol. The Balaban J connectivity index is 1.34. The second-order valence-electron chi connectivity index (χ2n) is 7.16. The monoisotopic (exact) mass is 369 g/mol. The van der Waals surface area contributed by atoms with Crippen LogP contribution in [-0.2, 0) is 11.3 Å². The van der Waals surface area contributed by atoms with Crippen molar-refractivity contribution in [1.29, 1.82) is 0 Å². The van der Waals surface area contributed by atoms with Crippen LogP contribution in [0.4, 0.5) is 11.6 Å². The minimum atomic E-state index is -0.311. The predicted octanol–water partition coefficient (Wildman–Crippen LogP) is 0.301. The van der Waals surface area contributed by atoms with Crippen molar-refractivity contribution in [3.05, 3.63) is 40.8 Å². The Bertz CT molecular complexity index is 868. The van der Waals surface area contributed by atoms with E-state index in [0.29, 0.717) is 17.6 Å². The van der Waals surface area contributed by atoms with E-state index >= 15 is 0 Å². The smallest absolute Gasteiger partial charge is 0.254 e. The summed E-state index contributed by atoms with van der Waals surface area (Å²) in [4.78, 5) is 41.7. The largest absolute Gasteiger partial charge is 0.338 e.